The SMILES string of the molecule is CCC(Oc1ncccc1C(F)(F)F)C(CC)N(CC)C(=O)c1nc(C)ccc1-n1nccn1. The van der Waals surface area contributed by atoms with Crippen molar-refractivity contribution in [3.05, 3.63) is 59.8 Å². The minimum atomic E-state index is -4.61. The third-order valence-corrected chi connectivity index (χ3v) is 5.44. The van der Waals surface area contributed by atoms with Gasteiger partial charge in [-0.1, -0.05) is 13.8 Å². The van der Waals surface area contributed by atoms with Crippen LogP contribution < -0.4 is 4.74 Å². The Balaban J connectivity index is 1.97. The van der Waals surface area contributed by atoms with E-state index in [1.807, 2.05) is 6.92 Å². The summed E-state index contributed by atoms with van der Waals surface area (Å²) >= 11 is 0. The maximum Gasteiger partial charge on any atom is 0.421 e. The van der Waals surface area contributed by atoms with Crippen molar-refractivity contribution < 1.29 is 22.7 Å². The number of halogens is 3. The summed E-state index contributed by atoms with van der Waals surface area (Å²) in [5.74, 6) is -0.886. The molecule has 0 spiro atoms. The summed E-state index contributed by atoms with van der Waals surface area (Å²) in [5.41, 5.74) is 0.243. The fourth-order valence-electron chi connectivity index (χ4n) is 3.83. The zero-order chi connectivity index (χ0) is 24.9. The lowest BCUT2D eigenvalue weighted by atomic mass is 10.0. The van der Waals surface area contributed by atoms with Crippen LogP contribution in [0.3, 0.4) is 0 Å². The fourth-order valence-corrected chi connectivity index (χ4v) is 3.83. The van der Waals surface area contributed by atoms with Gasteiger partial charge >= 0.3 is 6.18 Å². The molecule has 0 aliphatic heterocycles. The highest BCUT2D eigenvalue weighted by Crippen LogP contribution is 2.35. The van der Waals surface area contributed by atoms with E-state index in [9.17, 15) is 18.0 Å². The van der Waals surface area contributed by atoms with Gasteiger partial charge in [0, 0.05) is 18.4 Å². The van der Waals surface area contributed by atoms with E-state index in [0.29, 0.717) is 30.8 Å². The smallest absolute Gasteiger partial charge is 0.421 e. The molecule has 182 valence electrons. The molecule has 0 N–H and O–H groups in total. The maximum atomic E-state index is 13.7. The number of pyridine rings is 2. The molecule has 3 aromatic heterocycles. The first-order valence-corrected chi connectivity index (χ1v) is 11.0. The maximum absolute atomic E-state index is 13.7. The molecule has 3 heterocycles. The molecule has 1 amide bonds. The Hall–Kier alpha value is -3.50. The average molecular weight is 477 g/mol. The van der Waals surface area contributed by atoms with Crippen molar-refractivity contribution in [2.75, 3.05) is 6.54 Å². The lowest BCUT2D eigenvalue weighted by molar-refractivity contribution is -0.140. The van der Waals surface area contributed by atoms with Crippen molar-refractivity contribution in [2.45, 2.75) is 58.9 Å². The molecule has 8 nitrogen and oxygen atoms in total. The van der Waals surface area contributed by atoms with Gasteiger partial charge in [0.05, 0.1) is 18.4 Å². The zero-order valence-electron chi connectivity index (χ0n) is 19.5. The highest BCUT2D eigenvalue weighted by molar-refractivity contribution is 5.96. The Morgan fingerprint density at radius 3 is 2.38 bits per heavy atom. The van der Waals surface area contributed by atoms with Gasteiger partial charge in [-0.25, -0.2) is 9.97 Å². The van der Waals surface area contributed by atoms with Gasteiger partial charge in [0.1, 0.15) is 17.4 Å². The lowest BCUT2D eigenvalue weighted by Crippen LogP contribution is -2.49. The predicted molar refractivity (Wildman–Crippen MR) is 119 cm³/mol. The van der Waals surface area contributed by atoms with Gasteiger partial charge in [-0.2, -0.15) is 23.4 Å². The van der Waals surface area contributed by atoms with Crippen LogP contribution in [0.2, 0.25) is 0 Å². The number of hydrogen-bond acceptors (Lipinski definition) is 6. The number of aryl methyl sites for hydroxylation is 1. The first-order chi connectivity index (χ1) is 16.2. The van der Waals surface area contributed by atoms with Crippen molar-refractivity contribution in [1.29, 1.82) is 0 Å². The molecular weight excluding hydrogens is 449 g/mol. The molecular formula is C23H27F3N6O2. The Labute approximate surface area is 195 Å². The number of alkyl halides is 3. The molecule has 2 atom stereocenters. The number of carbonyl (C=O) groups is 1. The number of rotatable bonds is 9. The second-order valence-corrected chi connectivity index (χ2v) is 7.62. The van der Waals surface area contributed by atoms with Crippen molar-refractivity contribution in [1.82, 2.24) is 29.9 Å². The number of carbonyl (C=O) groups excluding carboxylic acids is 1. The fraction of sp³-hybridized carbons (Fsp3) is 0.435. The molecule has 34 heavy (non-hydrogen) atoms. The van der Waals surface area contributed by atoms with Crippen LogP contribution in [-0.4, -0.2) is 54.5 Å². The van der Waals surface area contributed by atoms with Crippen LogP contribution in [0.25, 0.3) is 5.69 Å². The van der Waals surface area contributed by atoms with Gasteiger partial charge in [0.15, 0.2) is 5.69 Å². The second-order valence-electron chi connectivity index (χ2n) is 7.62. The van der Waals surface area contributed by atoms with Crippen LogP contribution in [0.1, 0.15) is 55.4 Å². The van der Waals surface area contributed by atoms with Crippen LogP contribution in [0.5, 0.6) is 5.88 Å². The third-order valence-electron chi connectivity index (χ3n) is 5.44. The molecule has 2 unspecified atom stereocenters. The molecule has 0 saturated heterocycles. The van der Waals surface area contributed by atoms with Gasteiger partial charge in [-0.15, -0.1) is 4.80 Å². The van der Waals surface area contributed by atoms with Gasteiger partial charge in [0.25, 0.3) is 5.91 Å². The van der Waals surface area contributed by atoms with Crippen molar-refractivity contribution in [2.24, 2.45) is 0 Å². The Morgan fingerprint density at radius 2 is 1.79 bits per heavy atom. The summed E-state index contributed by atoms with van der Waals surface area (Å²) in [7, 11) is 0. The van der Waals surface area contributed by atoms with E-state index in [0.717, 1.165) is 6.07 Å². The van der Waals surface area contributed by atoms with E-state index < -0.39 is 29.8 Å². The van der Waals surface area contributed by atoms with E-state index in [1.165, 1.54) is 29.5 Å². The van der Waals surface area contributed by atoms with E-state index in [4.69, 9.17) is 4.74 Å². The minimum Gasteiger partial charge on any atom is -0.472 e. The number of aromatic nitrogens is 5. The number of ether oxygens (including phenoxy) is 1. The summed E-state index contributed by atoms with van der Waals surface area (Å²) in [6.45, 7) is 7.52. The predicted octanol–water partition coefficient (Wildman–Crippen LogP) is 4.48. The second kappa shape index (κ2) is 10.6. The highest BCUT2D eigenvalue weighted by atomic mass is 19.4. The summed E-state index contributed by atoms with van der Waals surface area (Å²) in [5, 5.41) is 8.21. The van der Waals surface area contributed by atoms with Crippen molar-refractivity contribution in [3.63, 3.8) is 0 Å². The van der Waals surface area contributed by atoms with Crippen LogP contribution in [-0.2, 0) is 6.18 Å². The normalized spacial score (nSPS) is 13.4. The molecule has 0 aliphatic rings. The van der Waals surface area contributed by atoms with Gasteiger partial charge in [-0.3, -0.25) is 4.79 Å². The number of likely N-dealkylation sites (N-methyl/N-ethyl adjacent to an activating group) is 1. The summed E-state index contributed by atoms with van der Waals surface area (Å²) < 4.78 is 46.2. The van der Waals surface area contributed by atoms with E-state index >= 15 is 0 Å². The minimum absolute atomic E-state index is 0.153. The first-order valence-electron chi connectivity index (χ1n) is 11.0. The van der Waals surface area contributed by atoms with Crippen LogP contribution >= 0.6 is 0 Å². The van der Waals surface area contributed by atoms with Crippen LogP contribution in [0.15, 0.2) is 42.9 Å². The highest BCUT2D eigenvalue weighted by Gasteiger charge is 2.38. The molecule has 0 aliphatic carbocycles. The monoisotopic (exact) mass is 476 g/mol. The number of nitrogens with zero attached hydrogens (tertiary/aromatic N) is 6. The van der Waals surface area contributed by atoms with Crippen molar-refractivity contribution in [3.8, 4) is 11.6 Å². The molecule has 0 bridgehead atoms. The standard InChI is InChI=1S/C23H27F3N6O2/c1-5-17(19(6-2)34-21-16(23(24,25)26)9-8-12-27-21)31(7-3)22(33)20-18(11-10-15(4)30-20)32-28-13-14-29-32/h8-14,17,19H,5-7H2,1-4H3. The molecule has 11 heteroatoms. The quantitative estimate of drug-likeness (QED) is 0.453. The summed E-state index contributed by atoms with van der Waals surface area (Å²) in [6, 6.07) is 5.08. The topological polar surface area (TPSA) is 86.0 Å². The largest absolute Gasteiger partial charge is 0.472 e. The molecule has 3 aromatic rings. The third kappa shape index (κ3) is 5.35. The number of hydrogen-bond donors (Lipinski definition) is 0. The van der Waals surface area contributed by atoms with E-state index in [-0.39, 0.29) is 11.6 Å². The molecule has 0 radical (unpaired) electrons. The zero-order valence-corrected chi connectivity index (χ0v) is 19.5. The molecule has 3 rings (SSSR count). The van der Waals surface area contributed by atoms with Gasteiger partial charge in [-0.05, 0) is 51.0 Å². The van der Waals surface area contributed by atoms with Crippen LogP contribution in [0, 0.1) is 6.92 Å². The van der Waals surface area contributed by atoms with Crippen LogP contribution in [0.4, 0.5) is 13.2 Å². The summed E-state index contributed by atoms with van der Waals surface area (Å²) in [6.07, 6.45) is -0.277. The molecule has 0 saturated carbocycles. The average Bonchev–Trinajstić information content (AvgIpc) is 3.35. The lowest BCUT2D eigenvalue weighted by Gasteiger charge is -2.36. The number of amides is 1. The van der Waals surface area contributed by atoms with Crippen molar-refractivity contribution >= 4 is 5.91 Å². The Kier molecular flexibility index (Phi) is 7.85. The molecule has 0 fully saturated rings. The first kappa shape index (κ1) is 25.1. The summed E-state index contributed by atoms with van der Waals surface area (Å²) in [4.78, 5) is 24.8. The Morgan fingerprint density at radius 1 is 1.09 bits per heavy atom. The Bertz CT molecular complexity index is 1100. The van der Waals surface area contributed by atoms with Gasteiger partial charge < -0.3 is 9.64 Å². The van der Waals surface area contributed by atoms with Gasteiger partial charge in [0.2, 0.25) is 5.88 Å². The van der Waals surface area contributed by atoms with E-state index in [2.05, 4.69) is 20.2 Å². The molecule has 0 aromatic carbocycles. The van der Waals surface area contributed by atoms with E-state index in [1.54, 1.807) is 37.8 Å².